The number of hydrogen-bond acceptors (Lipinski definition) is 3. The number of carbonyl (C=O) groups is 1. The summed E-state index contributed by atoms with van der Waals surface area (Å²) in [5, 5.41) is -0.526. The largest absolute Gasteiger partial charge is 0.455 e. The average molecular weight is 256 g/mol. The van der Waals surface area contributed by atoms with Gasteiger partial charge >= 0.3 is 0 Å². The molecule has 1 aliphatic rings. The van der Waals surface area contributed by atoms with Gasteiger partial charge in [0, 0.05) is 6.04 Å². The Hall–Kier alpha value is -0.800. The summed E-state index contributed by atoms with van der Waals surface area (Å²) in [4.78, 5) is 13.4. The van der Waals surface area contributed by atoms with Crippen LogP contribution in [-0.4, -0.2) is 22.7 Å². The number of likely N-dealkylation sites (tertiary alicyclic amines) is 1. The molecule has 0 saturated carbocycles. The van der Waals surface area contributed by atoms with Gasteiger partial charge in [-0.3, -0.25) is 9.69 Å². The van der Waals surface area contributed by atoms with E-state index in [1.165, 1.54) is 25.7 Å². The van der Waals surface area contributed by atoms with Gasteiger partial charge in [-0.2, -0.15) is 0 Å². The van der Waals surface area contributed by atoms with E-state index < -0.39 is 5.24 Å². The number of furan rings is 1. The highest BCUT2D eigenvalue weighted by Gasteiger charge is 2.22. The normalized spacial score (nSPS) is 21.6. The van der Waals surface area contributed by atoms with Gasteiger partial charge < -0.3 is 4.42 Å². The van der Waals surface area contributed by atoms with E-state index in [0.717, 1.165) is 18.8 Å². The molecular weight excluding hydrogens is 238 g/mol. The minimum Gasteiger partial charge on any atom is -0.455 e. The molecule has 1 fully saturated rings. The number of piperidine rings is 1. The Balaban J connectivity index is 2.00. The molecule has 1 aliphatic heterocycles. The quantitative estimate of drug-likeness (QED) is 0.773. The van der Waals surface area contributed by atoms with Crippen molar-refractivity contribution in [2.45, 2.75) is 45.2 Å². The molecule has 0 amide bonds. The number of rotatable bonds is 4. The molecule has 1 unspecified atom stereocenters. The fourth-order valence-electron chi connectivity index (χ4n) is 2.50. The maximum atomic E-state index is 10.9. The van der Waals surface area contributed by atoms with Crippen LogP contribution in [0.15, 0.2) is 16.5 Å². The lowest BCUT2D eigenvalue weighted by Gasteiger charge is -2.34. The SMILES string of the molecule is CCC1CCCCN1Cc1ccc(C(=O)Cl)o1. The van der Waals surface area contributed by atoms with Gasteiger partial charge in [-0.1, -0.05) is 13.3 Å². The van der Waals surface area contributed by atoms with Crippen LogP contribution in [0.2, 0.25) is 0 Å². The molecule has 4 heteroatoms. The Morgan fingerprint density at radius 3 is 3.00 bits per heavy atom. The Bertz CT molecular complexity index is 389. The lowest BCUT2D eigenvalue weighted by molar-refractivity contribution is 0.104. The van der Waals surface area contributed by atoms with Crippen molar-refractivity contribution in [2.75, 3.05) is 6.54 Å². The van der Waals surface area contributed by atoms with Crippen LogP contribution in [-0.2, 0) is 6.54 Å². The third-order valence-corrected chi connectivity index (χ3v) is 3.62. The van der Waals surface area contributed by atoms with Gasteiger partial charge in [-0.15, -0.1) is 0 Å². The maximum Gasteiger partial charge on any atom is 0.287 e. The summed E-state index contributed by atoms with van der Waals surface area (Å²) in [6.07, 6.45) is 5.00. The fourth-order valence-corrected chi connectivity index (χ4v) is 2.60. The third kappa shape index (κ3) is 3.11. The van der Waals surface area contributed by atoms with Crippen molar-refractivity contribution in [1.82, 2.24) is 4.90 Å². The average Bonchev–Trinajstić information content (AvgIpc) is 2.78. The van der Waals surface area contributed by atoms with Crippen molar-refractivity contribution < 1.29 is 9.21 Å². The lowest BCUT2D eigenvalue weighted by Crippen LogP contribution is -2.38. The van der Waals surface area contributed by atoms with Crippen LogP contribution in [0.4, 0.5) is 0 Å². The highest BCUT2D eigenvalue weighted by molar-refractivity contribution is 6.67. The lowest BCUT2D eigenvalue weighted by atomic mass is 10.00. The minimum absolute atomic E-state index is 0.242. The summed E-state index contributed by atoms with van der Waals surface area (Å²) in [6.45, 7) is 4.12. The van der Waals surface area contributed by atoms with Crippen molar-refractivity contribution in [3.8, 4) is 0 Å². The van der Waals surface area contributed by atoms with Gasteiger partial charge in [0.2, 0.25) is 0 Å². The number of carbonyl (C=O) groups excluding carboxylic acids is 1. The second kappa shape index (κ2) is 5.69. The van der Waals surface area contributed by atoms with Crippen LogP contribution < -0.4 is 0 Å². The smallest absolute Gasteiger partial charge is 0.287 e. The molecule has 3 nitrogen and oxygen atoms in total. The van der Waals surface area contributed by atoms with Crippen molar-refractivity contribution >= 4 is 16.8 Å². The molecule has 0 aromatic carbocycles. The van der Waals surface area contributed by atoms with E-state index in [1.54, 1.807) is 6.07 Å². The first-order valence-electron chi connectivity index (χ1n) is 6.23. The van der Waals surface area contributed by atoms with E-state index in [0.29, 0.717) is 6.04 Å². The molecule has 94 valence electrons. The molecule has 0 spiro atoms. The van der Waals surface area contributed by atoms with Crippen molar-refractivity contribution in [3.63, 3.8) is 0 Å². The first kappa shape index (κ1) is 12.7. The molecule has 1 atom stereocenters. The Morgan fingerprint density at radius 1 is 1.53 bits per heavy atom. The van der Waals surface area contributed by atoms with E-state index in [9.17, 15) is 4.79 Å². The topological polar surface area (TPSA) is 33.5 Å². The summed E-state index contributed by atoms with van der Waals surface area (Å²) in [5.41, 5.74) is 0. The maximum absolute atomic E-state index is 10.9. The first-order chi connectivity index (χ1) is 8.20. The standard InChI is InChI=1S/C13H18ClNO2/c1-2-10-5-3-4-8-15(10)9-11-6-7-12(17-11)13(14)16/h6-7,10H,2-5,8-9H2,1H3. The molecule has 2 rings (SSSR count). The van der Waals surface area contributed by atoms with E-state index in [4.69, 9.17) is 16.0 Å². The van der Waals surface area contributed by atoms with Crippen LogP contribution in [0.3, 0.4) is 0 Å². The number of hydrogen-bond donors (Lipinski definition) is 0. The van der Waals surface area contributed by atoms with Gasteiger partial charge in [0.25, 0.3) is 5.24 Å². The summed E-state index contributed by atoms with van der Waals surface area (Å²) in [6, 6.07) is 4.14. The van der Waals surface area contributed by atoms with Gasteiger partial charge in [-0.25, -0.2) is 0 Å². The Labute approximate surface area is 107 Å². The third-order valence-electron chi connectivity index (χ3n) is 3.43. The van der Waals surface area contributed by atoms with Crippen LogP contribution in [0.25, 0.3) is 0 Å². The molecule has 1 saturated heterocycles. The van der Waals surface area contributed by atoms with E-state index in [-0.39, 0.29) is 5.76 Å². The molecule has 1 aromatic rings. The van der Waals surface area contributed by atoms with Crippen LogP contribution in [0.5, 0.6) is 0 Å². The molecular formula is C13H18ClNO2. The van der Waals surface area contributed by atoms with Crippen LogP contribution in [0, 0.1) is 0 Å². The van der Waals surface area contributed by atoms with Crippen molar-refractivity contribution in [3.05, 3.63) is 23.7 Å². The zero-order valence-electron chi connectivity index (χ0n) is 10.1. The summed E-state index contributed by atoms with van der Waals surface area (Å²) in [7, 11) is 0. The molecule has 1 aromatic heterocycles. The Kier molecular flexibility index (Phi) is 4.24. The van der Waals surface area contributed by atoms with Crippen LogP contribution >= 0.6 is 11.6 Å². The summed E-state index contributed by atoms with van der Waals surface area (Å²) >= 11 is 5.37. The molecule has 17 heavy (non-hydrogen) atoms. The predicted octanol–water partition coefficient (Wildman–Crippen LogP) is 3.42. The predicted molar refractivity (Wildman–Crippen MR) is 67.2 cm³/mol. The zero-order chi connectivity index (χ0) is 12.3. The second-order valence-corrected chi connectivity index (χ2v) is 4.91. The van der Waals surface area contributed by atoms with E-state index in [2.05, 4.69) is 11.8 Å². The van der Waals surface area contributed by atoms with Gasteiger partial charge in [-0.05, 0) is 49.5 Å². The number of nitrogens with zero attached hydrogens (tertiary/aromatic N) is 1. The van der Waals surface area contributed by atoms with Gasteiger partial charge in [0.1, 0.15) is 5.76 Å². The summed E-state index contributed by atoms with van der Waals surface area (Å²) < 4.78 is 5.42. The molecule has 2 heterocycles. The molecule has 0 radical (unpaired) electrons. The van der Waals surface area contributed by atoms with Gasteiger partial charge in [0.05, 0.1) is 6.54 Å². The van der Waals surface area contributed by atoms with Crippen molar-refractivity contribution in [1.29, 1.82) is 0 Å². The summed E-state index contributed by atoms with van der Waals surface area (Å²) in [5.74, 6) is 1.07. The van der Waals surface area contributed by atoms with E-state index in [1.807, 2.05) is 6.07 Å². The molecule has 0 bridgehead atoms. The fraction of sp³-hybridized carbons (Fsp3) is 0.615. The highest BCUT2D eigenvalue weighted by atomic mass is 35.5. The monoisotopic (exact) mass is 255 g/mol. The van der Waals surface area contributed by atoms with Gasteiger partial charge in [0.15, 0.2) is 5.76 Å². The highest BCUT2D eigenvalue weighted by Crippen LogP contribution is 2.22. The minimum atomic E-state index is -0.526. The molecule has 0 aliphatic carbocycles. The van der Waals surface area contributed by atoms with Crippen molar-refractivity contribution in [2.24, 2.45) is 0 Å². The second-order valence-electron chi connectivity index (χ2n) is 4.57. The number of halogens is 1. The van der Waals surface area contributed by atoms with E-state index >= 15 is 0 Å². The zero-order valence-corrected chi connectivity index (χ0v) is 10.9. The Morgan fingerprint density at radius 2 is 2.35 bits per heavy atom. The van der Waals surface area contributed by atoms with Crippen LogP contribution in [0.1, 0.15) is 48.9 Å². The molecule has 0 N–H and O–H groups in total. The first-order valence-corrected chi connectivity index (χ1v) is 6.61.